The van der Waals surface area contributed by atoms with Gasteiger partial charge in [-0.1, -0.05) is 0 Å². The van der Waals surface area contributed by atoms with E-state index >= 15 is 0 Å². The Bertz CT molecular complexity index is 497. The molecule has 0 aromatic carbocycles. The van der Waals surface area contributed by atoms with E-state index in [1.807, 2.05) is 25.7 Å². The first kappa shape index (κ1) is 14.2. The number of fused-ring (bicyclic) bond motifs is 1. The number of rotatable bonds is 1. The van der Waals surface area contributed by atoms with Crippen LogP contribution in [0.25, 0.3) is 0 Å². The number of hydrogen-bond acceptors (Lipinski definition) is 5. The zero-order valence-electron chi connectivity index (χ0n) is 12.7. The van der Waals surface area contributed by atoms with Crippen LogP contribution in [0, 0.1) is 0 Å². The molecular weight excluding hydrogens is 272 g/mol. The highest BCUT2D eigenvalue weighted by molar-refractivity contribution is 5.68. The minimum absolute atomic E-state index is 0.210. The predicted molar refractivity (Wildman–Crippen MR) is 72.8 cm³/mol. The fraction of sp³-hybridized carbons (Fsp3) is 0.846. The highest BCUT2D eigenvalue weighted by Crippen LogP contribution is 2.21. The molecular formula is C13H22N6O2. The van der Waals surface area contributed by atoms with Crippen LogP contribution in [-0.2, 0) is 4.74 Å². The van der Waals surface area contributed by atoms with E-state index in [1.165, 1.54) is 4.90 Å². The second-order valence-corrected chi connectivity index (χ2v) is 6.91. The van der Waals surface area contributed by atoms with Crippen molar-refractivity contribution in [3.05, 3.63) is 5.82 Å². The van der Waals surface area contributed by atoms with Gasteiger partial charge in [-0.15, -0.1) is 0 Å². The van der Waals surface area contributed by atoms with E-state index in [9.17, 15) is 4.79 Å². The summed E-state index contributed by atoms with van der Waals surface area (Å²) >= 11 is 0. The van der Waals surface area contributed by atoms with E-state index in [-0.39, 0.29) is 6.09 Å². The van der Waals surface area contributed by atoms with Crippen molar-refractivity contribution in [1.82, 2.24) is 25.5 Å². The lowest BCUT2D eigenvalue weighted by Crippen LogP contribution is -3.16. The molecule has 2 fully saturated rings. The third kappa shape index (κ3) is 3.15. The number of nitrogens with one attached hydrogen (secondary N) is 1. The molecule has 2 aliphatic rings. The third-order valence-corrected chi connectivity index (χ3v) is 4.15. The Morgan fingerprint density at radius 1 is 1.48 bits per heavy atom. The Hall–Kier alpha value is -1.70. The minimum atomic E-state index is -0.445. The summed E-state index contributed by atoms with van der Waals surface area (Å²) in [6.07, 6.45) is 0.764. The van der Waals surface area contributed by atoms with E-state index < -0.39 is 5.60 Å². The summed E-state index contributed by atoms with van der Waals surface area (Å²) in [4.78, 5) is 15.5. The molecule has 116 valence electrons. The number of hydrogen-bond donors (Lipinski definition) is 1. The molecule has 3 rings (SSSR count). The maximum absolute atomic E-state index is 12.2. The van der Waals surface area contributed by atoms with Crippen LogP contribution >= 0.6 is 0 Å². The number of amides is 1. The molecule has 0 spiro atoms. The predicted octanol–water partition coefficient (Wildman–Crippen LogP) is -1.18. The van der Waals surface area contributed by atoms with Crippen molar-refractivity contribution in [2.45, 2.75) is 44.8 Å². The van der Waals surface area contributed by atoms with Crippen molar-refractivity contribution in [2.75, 3.05) is 26.2 Å². The zero-order valence-corrected chi connectivity index (χ0v) is 12.7. The van der Waals surface area contributed by atoms with Crippen LogP contribution in [0.3, 0.4) is 0 Å². The van der Waals surface area contributed by atoms with E-state index in [2.05, 4.69) is 20.6 Å². The standard InChI is InChI=1S/C13H21N6O2/c1-13(2,3)21-12(20)19-5-4-18-7-9(6-10(18)8-19)11-14-16-17-15-11/h9-10H,4-8H2,1-3H3/q-1/p+1/t9-,10+/m1/s1. The van der Waals surface area contributed by atoms with Gasteiger partial charge in [0.1, 0.15) is 11.6 Å². The normalized spacial score (nSPS) is 29.3. The van der Waals surface area contributed by atoms with Crippen molar-refractivity contribution in [3.63, 3.8) is 0 Å². The first-order chi connectivity index (χ1) is 9.92. The van der Waals surface area contributed by atoms with Crippen molar-refractivity contribution in [3.8, 4) is 0 Å². The summed E-state index contributed by atoms with van der Waals surface area (Å²) in [7, 11) is 0. The molecule has 3 atom stereocenters. The smallest absolute Gasteiger partial charge is 0.410 e. The van der Waals surface area contributed by atoms with Gasteiger partial charge in [0.25, 0.3) is 0 Å². The molecule has 1 amide bonds. The molecule has 21 heavy (non-hydrogen) atoms. The van der Waals surface area contributed by atoms with Gasteiger partial charge in [-0.3, -0.25) is 15.2 Å². The molecule has 1 aromatic heterocycles. The van der Waals surface area contributed by atoms with Crippen LogP contribution in [0.4, 0.5) is 4.79 Å². The molecule has 1 N–H and O–H groups in total. The second kappa shape index (κ2) is 5.25. The lowest BCUT2D eigenvalue weighted by molar-refractivity contribution is -0.917. The van der Waals surface area contributed by atoms with Crippen LogP contribution in [0.15, 0.2) is 0 Å². The number of carbonyl (C=O) groups is 1. The first-order valence-corrected chi connectivity index (χ1v) is 7.43. The molecule has 8 nitrogen and oxygen atoms in total. The molecule has 2 aliphatic heterocycles. The van der Waals surface area contributed by atoms with Crippen LogP contribution < -0.4 is 10.00 Å². The molecule has 1 unspecified atom stereocenters. The number of nitrogens with zero attached hydrogens (tertiary/aromatic N) is 5. The van der Waals surface area contributed by atoms with Gasteiger partial charge in [0.2, 0.25) is 0 Å². The monoisotopic (exact) mass is 294 g/mol. The molecule has 0 aliphatic carbocycles. The number of carbonyl (C=O) groups excluding carboxylic acids is 1. The van der Waals surface area contributed by atoms with Crippen molar-refractivity contribution >= 4 is 6.09 Å². The van der Waals surface area contributed by atoms with Crippen LogP contribution in [0.1, 0.15) is 38.9 Å². The molecule has 0 radical (unpaired) electrons. The van der Waals surface area contributed by atoms with Gasteiger partial charge in [-0.2, -0.15) is 5.21 Å². The van der Waals surface area contributed by atoms with Gasteiger partial charge in [0.15, 0.2) is 0 Å². The Labute approximate surface area is 123 Å². The summed E-state index contributed by atoms with van der Waals surface area (Å²) in [6, 6.07) is 0.426. The van der Waals surface area contributed by atoms with Gasteiger partial charge in [0, 0.05) is 18.2 Å². The van der Waals surface area contributed by atoms with E-state index in [0.717, 1.165) is 38.4 Å². The number of piperazine rings is 1. The van der Waals surface area contributed by atoms with E-state index in [4.69, 9.17) is 4.74 Å². The molecule has 8 heteroatoms. The number of quaternary nitrogens is 1. The largest absolute Gasteiger partial charge is 0.444 e. The lowest BCUT2D eigenvalue weighted by atomic mass is 10.0. The van der Waals surface area contributed by atoms with Crippen LogP contribution in [0.5, 0.6) is 0 Å². The summed E-state index contributed by atoms with van der Waals surface area (Å²) in [5.41, 5.74) is -0.445. The summed E-state index contributed by atoms with van der Waals surface area (Å²) in [5, 5.41) is 15.1. The number of tetrazole rings is 1. The van der Waals surface area contributed by atoms with Gasteiger partial charge in [-0.25, -0.2) is 4.79 Å². The van der Waals surface area contributed by atoms with E-state index in [1.54, 1.807) is 0 Å². The SMILES string of the molecule is CC(C)(C)OC(=O)N1CC[NH+]2C[C@H](c3nnn[n-]3)C[C@H]2C1. The highest BCUT2D eigenvalue weighted by atomic mass is 16.6. The third-order valence-electron chi connectivity index (χ3n) is 4.15. The van der Waals surface area contributed by atoms with E-state index in [0.29, 0.717) is 12.0 Å². The average molecular weight is 294 g/mol. The van der Waals surface area contributed by atoms with Gasteiger partial charge in [-0.05, 0) is 20.8 Å². The van der Waals surface area contributed by atoms with Crippen molar-refractivity contribution in [1.29, 1.82) is 0 Å². The fourth-order valence-corrected chi connectivity index (χ4v) is 3.23. The fourth-order valence-electron chi connectivity index (χ4n) is 3.23. The van der Waals surface area contributed by atoms with Crippen molar-refractivity contribution < 1.29 is 14.4 Å². The maximum atomic E-state index is 12.2. The highest BCUT2D eigenvalue weighted by Gasteiger charge is 2.42. The van der Waals surface area contributed by atoms with Crippen molar-refractivity contribution in [2.24, 2.45) is 0 Å². The molecule has 2 saturated heterocycles. The average Bonchev–Trinajstić information content (AvgIpc) is 3.04. The van der Waals surface area contributed by atoms with Gasteiger partial charge < -0.3 is 14.7 Å². The Morgan fingerprint density at radius 3 is 2.95 bits per heavy atom. The Kier molecular flexibility index (Phi) is 3.56. The Balaban J connectivity index is 1.60. The minimum Gasteiger partial charge on any atom is -0.444 e. The summed E-state index contributed by atoms with van der Waals surface area (Å²) < 4.78 is 5.46. The zero-order chi connectivity index (χ0) is 15.0. The molecule has 1 aromatic rings. The number of aromatic nitrogens is 4. The molecule has 0 saturated carbocycles. The van der Waals surface area contributed by atoms with Crippen LogP contribution in [0.2, 0.25) is 0 Å². The first-order valence-electron chi connectivity index (χ1n) is 7.43. The summed E-state index contributed by atoms with van der Waals surface area (Å²) in [6.45, 7) is 9.11. The van der Waals surface area contributed by atoms with Crippen LogP contribution in [-0.4, -0.2) is 64.3 Å². The lowest BCUT2D eigenvalue weighted by Gasteiger charge is -2.35. The molecule has 0 bridgehead atoms. The van der Waals surface area contributed by atoms with Gasteiger partial charge >= 0.3 is 6.09 Å². The number of ether oxygens (including phenoxy) is 1. The topological polar surface area (TPSA) is 86.8 Å². The summed E-state index contributed by atoms with van der Waals surface area (Å²) in [5.74, 6) is 1.04. The maximum Gasteiger partial charge on any atom is 0.410 e. The molecule has 3 heterocycles. The quantitative estimate of drug-likeness (QED) is 0.701. The van der Waals surface area contributed by atoms with Gasteiger partial charge in [0.05, 0.1) is 26.2 Å². The Morgan fingerprint density at radius 2 is 2.29 bits per heavy atom. The second-order valence-electron chi connectivity index (χ2n) is 6.91.